The summed E-state index contributed by atoms with van der Waals surface area (Å²) in [6, 6.07) is 11.4. The van der Waals surface area contributed by atoms with Gasteiger partial charge in [-0.05, 0) is 61.6 Å². The Kier molecular flexibility index (Phi) is 7.17. The molecular weight excluding hydrogens is 521 g/mol. The van der Waals surface area contributed by atoms with Crippen molar-refractivity contribution in [3.8, 4) is 11.4 Å². The highest BCUT2D eigenvalue weighted by atomic mass is 35.5. The number of nitrogens with zero attached hydrogens (tertiary/aromatic N) is 4. The van der Waals surface area contributed by atoms with Gasteiger partial charge >= 0.3 is 11.9 Å². The second kappa shape index (κ2) is 10.4. The monoisotopic (exact) mass is 546 g/mol. The average Bonchev–Trinajstić information content (AvgIpc) is 3.46. The van der Waals surface area contributed by atoms with Crippen LogP contribution in [0.25, 0.3) is 11.4 Å². The molecule has 1 saturated heterocycles. The summed E-state index contributed by atoms with van der Waals surface area (Å²) in [7, 11) is 0. The summed E-state index contributed by atoms with van der Waals surface area (Å²) in [5.74, 6) is -1.51. The number of benzene rings is 2. The van der Waals surface area contributed by atoms with Crippen LogP contribution in [0.1, 0.15) is 55.2 Å². The minimum absolute atomic E-state index is 0.00775. The Hall–Kier alpha value is -3.40. The van der Waals surface area contributed by atoms with E-state index in [0.717, 1.165) is 42.5 Å². The molecule has 2 fully saturated rings. The van der Waals surface area contributed by atoms with Crippen LogP contribution in [-0.4, -0.2) is 44.0 Å². The maximum atomic E-state index is 13.4. The number of hydrogen-bond acceptors (Lipinski definition) is 4. The first-order valence-electron chi connectivity index (χ1n) is 12.5. The van der Waals surface area contributed by atoms with E-state index in [9.17, 15) is 27.6 Å². The van der Waals surface area contributed by atoms with Crippen LogP contribution < -0.4 is 5.69 Å². The summed E-state index contributed by atoms with van der Waals surface area (Å²) in [6.45, 7) is 0.609. The second-order valence-corrected chi connectivity index (χ2v) is 10.3. The van der Waals surface area contributed by atoms with Gasteiger partial charge in [-0.25, -0.2) is 9.48 Å². The van der Waals surface area contributed by atoms with Gasteiger partial charge in [0.15, 0.2) is 11.6 Å². The van der Waals surface area contributed by atoms with Crippen molar-refractivity contribution in [1.82, 2.24) is 19.2 Å². The minimum Gasteiger partial charge on any atom is -0.342 e. The predicted octanol–water partition coefficient (Wildman–Crippen LogP) is 5.08. The molecule has 1 amide bonds. The number of halogens is 4. The average molecular weight is 547 g/mol. The third-order valence-electron chi connectivity index (χ3n) is 6.98. The lowest BCUT2D eigenvalue weighted by Crippen LogP contribution is -2.35. The Morgan fingerprint density at radius 2 is 1.74 bits per heavy atom. The number of amides is 1. The molecule has 1 aliphatic heterocycles. The maximum absolute atomic E-state index is 13.4. The smallest absolute Gasteiger partial charge is 0.342 e. The number of ketones is 1. The third kappa shape index (κ3) is 5.55. The van der Waals surface area contributed by atoms with Gasteiger partial charge in [0.05, 0.1) is 11.5 Å². The van der Waals surface area contributed by atoms with Gasteiger partial charge in [-0.3, -0.25) is 14.2 Å². The van der Waals surface area contributed by atoms with E-state index in [1.807, 2.05) is 0 Å². The van der Waals surface area contributed by atoms with E-state index in [-0.39, 0.29) is 30.5 Å². The number of carbonyl (C=O) groups excluding carboxylic acids is 2. The van der Waals surface area contributed by atoms with Crippen molar-refractivity contribution < 1.29 is 22.8 Å². The van der Waals surface area contributed by atoms with E-state index < -0.39 is 29.1 Å². The van der Waals surface area contributed by atoms with Crippen molar-refractivity contribution in [3.05, 3.63) is 75.2 Å². The van der Waals surface area contributed by atoms with Gasteiger partial charge in [0, 0.05) is 36.1 Å². The van der Waals surface area contributed by atoms with Gasteiger partial charge in [0.1, 0.15) is 6.54 Å². The third-order valence-corrected chi connectivity index (χ3v) is 7.23. The molecule has 7 nitrogen and oxygen atoms in total. The SMILES string of the molecule is O=C(CC(C(=O)N1CCCC1)c1cccc(C(F)(F)F)c1)Cn1nc(-c2ccc(Cl)cc2)n(C2CC2)c1=O. The summed E-state index contributed by atoms with van der Waals surface area (Å²) in [5.41, 5.74) is -0.514. The van der Waals surface area contributed by atoms with Crippen LogP contribution in [0.3, 0.4) is 0 Å². The standard InChI is InChI=1S/C27H26ClF3N4O3/c28-20-8-6-17(7-9-20)24-32-34(26(38)35(24)21-10-11-21)16-22(36)15-23(25(37)33-12-1-2-13-33)18-4-3-5-19(14-18)27(29,30)31/h3-9,14,21,23H,1-2,10-13,15-16H2. The second-order valence-electron chi connectivity index (χ2n) is 9.82. The quantitative estimate of drug-likeness (QED) is 0.395. The first-order valence-corrected chi connectivity index (χ1v) is 12.9. The molecule has 2 aromatic carbocycles. The first-order chi connectivity index (χ1) is 18.1. The number of likely N-dealkylation sites (tertiary alicyclic amines) is 1. The lowest BCUT2D eigenvalue weighted by atomic mass is 9.91. The lowest BCUT2D eigenvalue weighted by molar-refractivity contribution is -0.138. The van der Waals surface area contributed by atoms with Crippen LogP contribution in [0.2, 0.25) is 5.02 Å². The number of rotatable bonds is 8. The van der Waals surface area contributed by atoms with Crippen LogP contribution in [-0.2, 0) is 22.3 Å². The number of Topliss-reactive ketones (excluding diaryl/α,β-unsaturated/α-hetero) is 1. The summed E-state index contributed by atoms with van der Waals surface area (Å²) < 4.78 is 42.8. The van der Waals surface area contributed by atoms with E-state index >= 15 is 0 Å². The number of alkyl halides is 3. The van der Waals surface area contributed by atoms with E-state index in [2.05, 4.69) is 5.10 Å². The van der Waals surface area contributed by atoms with Crippen molar-refractivity contribution in [2.75, 3.05) is 13.1 Å². The molecule has 3 aromatic rings. The van der Waals surface area contributed by atoms with Crippen molar-refractivity contribution in [1.29, 1.82) is 0 Å². The minimum atomic E-state index is -4.58. The Balaban J connectivity index is 1.43. The largest absolute Gasteiger partial charge is 0.416 e. The summed E-state index contributed by atoms with van der Waals surface area (Å²) >= 11 is 5.99. The Labute approximate surface area is 221 Å². The first kappa shape index (κ1) is 26.2. The molecule has 5 rings (SSSR count). The fourth-order valence-electron chi connectivity index (χ4n) is 4.88. The van der Waals surface area contributed by atoms with Gasteiger partial charge < -0.3 is 4.90 Å². The molecule has 2 heterocycles. The molecule has 1 saturated carbocycles. The predicted molar refractivity (Wildman–Crippen MR) is 135 cm³/mol. The highest BCUT2D eigenvalue weighted by Gasteiger charge is 2.35. The summed E-state index contributed by atoms with van der Waals surface area (Å²) in [4.78, 5) is 41.3. The summed E-state index contributed by atoms with van der Waals surface area (Å²) in [5, 5.41) is 4.95. The summed E-state index contributed by atoms with van der Waals surface area (Å²) in [6.07, 6.45) is -1.67. The Morgan fingerprint density at radius 3 is 2.37 bits per heavy atom. The molecule has 2 aliphatic rings. The van der Waals surface area contributed by atoms with Gasteiger partial charge in [0.25, 0.3) is 0 Å². The van der Waals surface area contributed by atoms with Crippen LogP contribution in [0.5, 0.6) is 0 Å². The molecule has 38 heavy (non-hydrogen) atoms. The molecule has 0 N–H and O–H groups in total. The van der Waals surface area contributed by atoms with Crippen molar-refractivity contribution in [2.45, 2.75) is 56.8 Å². The van der Waals surface area contributed by atoms with E-state index in [4.69, 9.17) is 11.6 Å². The normalized spacial score (nSPS) is 16.6. The molecule has 0 spiro atoms. The van der Waals surface area contributed by atoms with Crippen LogP contribution in [0.4, 0.5) is 13.2 Å². The fraction of sp³-hybridized carbons (Fsp3) is 0.407. The Bertz CT molecular complexity index is 1400. The van der Waals surface area contributed by atoms with Gasteiger partial charge in [-0.1, -0.05) is 29.8 Å². The number of aromatic nitrogens is 3. The van der Waals surface area contributed by atoms with Crippen molar-refractivity contribution >= 4 is 23.3 Å². The molecule has 200 valence electrons. The molecular formula is C27H26ClF3N4O3. The van der Waals surface area contributed by atoms with E-state index in [1.165, 1.54) is 12.1 Å². The number of carbonyl (C=O) groups is 2. The number of hydrogen-bond donors (Lipinski definition) is 0. The van der Waals surface area contributed by atoms with Crippen LogP contribution in [0.15, 0.2) is 53.3 Å². The molecule has 0 radical (unpaired) electrons. The van der Waals surface area contributed by atoms with Gasteiger partial charge in [-0.15, -0.1) is 5.10 Å². The molecule has 1 aliphatic carbocycles. The molecule has 1 atom stereocenters. The van der Waals surface area contributed by atoms with Crippen LogP contribution in [0, 0.1) is 0 Å². The molecule has 1 aromatic heterocycles. The van der Waals surface area contributed by atoms with Gasteiger partial charge in [0.2, 0.25) is 5.91 Å². The zero-order valence-corrected chi connectivity index (χ0v) is 21.2. The topological polar surface area (TPSA) is 77.2 Å². The fourth-order valence-corrected chi connectivity index (χ4v) is 5.00. The highest BCUT2D eigenvalue weighted by Crippen LogP contribution is 2.37. The van der Waals surface area contributed by atoms with Gasteiger partial charge in [-0.2, -0.15) is 13.2 Å². The lowest BCUT2D eigenvalue weighted by Gasteiger charge is -2.23. The zero-order chi connectivity index (χ0) is 27.0. The van der Waals surface area contributed by atoms with Crippen molar-refractivity contribution in [2.24, 2.45) is 0 Å². The van der Waals surface area contributed by atoms with Crippen LogP contribution >= 0.6 is 11.6 Å². The molecule has 1 unspecified atom stereocenters. The zero-order valence-electron chi connectivity index (χ0n) is 20.5. The molecule has 0 bridgehead atoms. The van der Waals surface area contributed by atoms with Crippen molar-refractivity contribution in [3.63, 3.8) is 0 Å². The highest BCUT2D eigenvalue weighted by molar-refractivity contribution is 6.30. The molecule has 11 heteroatoms. The Morgan fingerprint density at radius 1 is 1.05 bits per heavy atom. The van der Waals surface area contributed by atoms with E-state index in [0.29, 0.717) is 29.5 Å². The maximum Gasteiger partial charge on any atom is 0.416 e. The van der Waals surface area contributed by atoms with E-state index in [1.54, 1.807) is 33.7 Å².